The summed E-state index contributed by atoms with van der Waals surface area (Å²) in [6, 6.07) is 13.0. The molecular weight excluding hydrogens is 245 g/mol. The summed E-state index contributed by atoms with van der Waals surface area (Å²) in [6.45, 7) is 1.58. The average Bonchev–Trinajstić information content (AvgIpc) is 2.26. The molecule has 0 bridgehead atoms. The molecule has 0 N–H and O–H groups in total. The largest absolute Gasteiger partial charge is 0.442 e. The van der Waals surface area contributed by atoms with Crippen LogP contribution in [0.1, 0.15) is 17.7 Å². The van der Waals surface area contributed by atoms with Crippen LogP contribution in [-0.2, 0) is 0 Å². The molecule has 2 aromatic rings. The van der Waals surface area contributed by atoms with E-state index in [9.17, 15) is 13.2 Å². The van der Waals surface area contributed by atoms with Crippen molar-refractivity contribution in [1.82, 2.24) is 0 Å². The monoisotopic (exact) mass is 256 g/mol. The molecule has 0 saturated carbocycles. The molecule has 0 fully saturated rings. The Morgan fingerprint density at radius 2 is 1.65 bits per heavy atom. The highest BCUT2D eigenvalue weighted by molar-refractivity contribution is 8.00. The van der Waals surface area contributed by atoms with Gasteiger partial charge in [0.2, 0.25) is 0 Å². The fourth-order valence-electron chi connectivity index (χ4n) is 1.87. The lowest BCUT2D eigenvalue weighted by atomic mass is 10.0. The Balaban J connectivity index is 2.41. The Labute approximate surface area is 102 Å². The van der Waals surface area contributed by atoms with E-state index in [-0.39, 0.29) is 11.8 Å². The zero-order valence-corrected chi connectivity index (χ0v) is 9.98. The number of benzene rings is 2. The maximum absolute atomic E-state index is 12.4. The van der Waals surface area contributed by atoms with Gasteiger partial charge in [0, 0.05) is 5.25 Å². The van der Waals surface area contributed by atoms with Gasteiger partial charge in [0.25, 0.3) is 0 Å². The molecule has 90 valence electrons. The SMILES string of the molecule is CC(SC(F)(F)F)c1cccc2ccccc12. The lowest BCUT2D eigenvalue weighted by Gasteiger charge is -2.15. The van der Waals surface area contributed by atoms with Crippen LogP contribution >= 0.6 is 11.8 Å². The lowest BCUT2D eigenvalue weighted by molar-refractivity contribution is -0.0333. The van der Waals surface area contributed by atoms with E-state index in [0.29, 0.717) is 0 Å². The first-order chi connectivity index (χ1) is 7.97. The summed E-state index contributed by atoms with van der Waals surface area (Å²) in [7, 11) is 0. The first-order valence-electron chi connectivity index (χ1n) is 5.19. The molecule has 0 radical (unpaired) electrons. The van der Waals surface area contributed by atoms with Crippen LogP contribution in [0.2, 0.25) is 0 Å². The van der Waals surface area contributed by atoms with Gasteiger partial charge in [0.1, 0.15) is 0 Å². The topological polar surface area (TPSA) is 0 Å². The Morgan fingerprint density at radius 3 is 2.35 bits per heavy atom. The Kier molecular flexibility index (Phi) is 3.33. The van der Waals surface area contributed by atoms with Crippen LogP contribution in [0.5, 0.6) is 0 Å². The van der Waals surface area contributed by atoms with Gasteiger partial charge in [-0.15, -0.1) is 0 Å². The molecule has 17 heavy (non-hydrogen) atoms. The van der Waals surface area contributed by atoms with E-state index in [1.54, 1.807) is 19.1 Å². The van der Waals surface area contributed by atoms with E-state index in [4.69, 9.17) is 0 Å². The second-order valence-corrected chi connectivity index (χ2v) is 5.18. The van der Waals surface area contributed by atoms with E-state index >= 15 is 0 Å². The minimum absolute atomic E-state index is 0.0247. The average molecular weight is 256 g/mol. The minimum atomic E-state index is -4.20. The van der Waals surface area contributed by atoms with Crippen molar-refractivity contribution in [2.75, 3.05) is 0 Å². The van der Waals surface area contributed by atoms with Crippen molar-refractivity contribution < 1.29 is 13.2 Å². The smallest absolute Gasteiger partial charge is 0.160 e. The summed E-state index contributed by atoms with van der Waals surface area (Å²) < 4.78 is 37.1. The van der Waals surface area contributed by atoms with Gasteiger partial charge in [-0.1, -0.05) is 42.5 Å². The molecule has 0 aliphatic rings. The number of thioether (sulfide) groups is 1. The Morgan fingerprint density at radius 1 is 1.00 bits per heavy atom. The van der Waals surface area contributed by atoms with Crippen molar-refractivity contribution in [3.8, 4) is 0 Å². The predicted molar refractivity (Wildman–Crippen MR) is 66.0 cm³/mol. The molecule has 0 spiro atoms. The number of hydrogen-bond donors (Lipinski definition) is 0. The summed E-state index contributed by atoms with van der Waals surface area (Å²) in [5, 5.41) is 1.26. The summed E-state index contributed by atoms with van der Waals surface area (Å²) in [5.41, 5.74) is -3.47. The highest BCUT2D eigenvalue weighted by Crippen LogP contribution is 2.43. The fraction of sp³-hybridized carbons (Fsp3) is 0.231. The number of halogens is 3. The van der Waals surface area contributed by atoms with E-state index < -0.39 is 10.8 Å². The van der Waals surface area contributed by atoms with Crippen LogP contribution in [0.4, 0.5) is 13.2 Å². The molecule has 1 atom stereocenters. The van der Waals surface area contributed by atoms with E-state index in [0.717, 1.165) is 16.3 Å². The highest BCUT2D eigenvalue weighted by atomic mass is 32.2. The molecule has 2 aromatic carbocycles. The second-order valence-electron chi connectivity index (χ2n) is 3.77. The van der Waals surface area contributed by atoms with Gasteiger partial charge in [-0.2, -0.15) is 13.2 Å². The molecule has 4 heteroatoms. The first kappa shape index (κ1) is 12.3. The second kappa shape index (κ2) is 4.61. The van der Waals surface area contributed by atoms with Crippen molar-refractivity contribution in [3.05, 3.63) is 48.0 Å². The molecule has 0 saturated heterocycles. The van der Waals surface area contributed by atoms with Crippen molar-refractivity contribution in [3.63, 3.8) is 0 Å². The minimum Gasteiger partial charge on any atom is -0.160 e. The normalized spacial score (nSPS) is 13.9. The molecular formula is C13H11F3S. The number of alkyl halides is 3. The van der Waals surface area contributed by atoms with Crippen molar-refractivity contribution >= 4 is 22.5 Å². The third-order valence-electron chi connectivity index (χ3n) is 2.57. The van der Waals surface area contributed by atoms with Gasteiger partial charge in [0.15, 0.2) is 0 Å². The third-order valence-corrected chi connectivity index (χ3v) is 3.45. The molecule has 0 aliphatic carbocycles. The van der Waals surface area contributed by atoms with E-state index in [1.807, 2.05) is 30.3 Å². The Bertz CT molecular complexity index is 514. The number of rotatable bonds is 2. The van der Waals surface area contributed by atoms with E-state index in [2.05, 4.69) is 0 Å². The summed E-state index contributed by atoms with van der Waals surface area (Å²) in [5.74, 6) is 0. The van der Waals surface area contributed by atoms with Crippen LogP contribution in [-0.4, -0.2) is 5.51 Å². The van der Waals surface area contributed by atoms with Crippen LogP contribution < -0.4 is 0 Å². The van der Waals surface area contributed by atoms with Gasteiger partial charge in [0.05, 0.1) is 0 Å². The summed E-state index contributed by atoms with van der Waals surface area (Å²) in [6.07, 6.45) is 0. The summed E-state index contributed by atoms with van der Waals surface area (Å²) >= 11 is 0.0247. The first-order valence-corrected chi connectivity index (χ1v) is 6.07. The van der Waals surface area contributed by atoms with Gasteiger partial charge < -0.3 is 0 Å². The standard InChI is InChI=1S/C13H11F3S/c1-9(17-13(14,15)16)11-8-4-6-10-5-2-3-7-12(10)11/h2-9H,1H3. The molecule has 0 amide bonds. The molecule has 0 aliphatic heterocycles. The van der Waals surface area contributed by atoms with Crippen molar-refractivity contribution in [1.29, 1.82) is 0 Å². The zero-order valence-electron chi connectivity index (χ0n) is 9.16. The molecule has 2 rings (SSSR count). The van der Waals surface area contributed by atoms with E-state index in [1.165, 1.54) is 0 Å². The number of fused-ring (bicyclic) bond motifs is 1. The number of hydrogen-bond acceptors (Lipinski definition) is 1. The van der Waals surface area contributed by atoms with Crippen molar-refractivity contribution in [2.45, 2.75) is 17.7 Å². The Hall–Kier alpha value is -1.16. The maximum Gasteiger partial charge on any atom is 0.442 e. The third kappa shape index (κ3) is 2.94. The van der Waals surface area contributed by atoms with Gasteiger partial charge in [-0.05, 0) is 35.0 Å². The van der Waals surface area contributed by atoms with Crippen LogP contribution in [0.3, 0.4) is 0 Å². The van der Waals surface area contributed by atoms with Crippen LogP contribution in [0.25, 0.3) is 10.8 Å². The zero-order chi connectivity index (χ0) is 12.5. The van der Waals surface area contributed by atoms with Gasteiger partial charge in [-0.25, -0.2) is 0 Å². The summed E-state index contributed by atoms with van der Waals surface area (Å²) in [4.78, 5) is 0. The lowest BCUT2D eigenvalue weighted by Crippen LogP contribution is -2.04. The quantitative estimate of drug-likeness (QED) is 0.715. The molecule has 0 nitrogen and oxygen atoms in total. The molecule has 0 heterocycles. The maximum atomic E-state index is 12.4. The predicted octanol–water partition coefficient (Wildman–Crippen LogP) is 5.15. The van der Waals surface area contributed by atoms with Crippen LogP contribution in [0.15, 0.2) is 42.5 Å². The highest BCUT2D eigenvalue weighted by Gasteiger charge is 2.32. The molecule has 0 aromatic heterocycles. The van der Waals surface area contributed by atoms with Crippen LogP contribution in [0, 0.1) is 0 Å². The fourth-order valence-corrected chi connectivity index (χ4v) is 2.60. The van der Waals surface area contributed by atoms with Gasteiger partial charge >= 0.3 is 5.51 Å². The van der Waals surface area contributed by atoms with Gasteiger partial charge in [-0.3, -0.25) is 0 Å². The van der Waals surface area contributed by atoms with Crippen molar-refractivity contribution in [2.24, 2.45) is 0 Å². The molecule has 1 unspecified atom stereocenters.